The molecule has 0 saturated carbocycles. The van der Waals surface area contributed by atoms with Crippen molar-refractivity contribution in [2.24, 2.45) is 0 Å². The first-order valence-corrected chi connectivity index (χ1v) is 7.75. The number of anilines is 1. The zero-order chi connectivity index (χ0) is 16.9. The largest absolute Gasteiger partial charge is 0.288 e. The molecule has 0 unspecified atom stereocenters. The standard InChI is InChI=1S/C19H14ClFN2O/c20-17-6-2-1-5-15(17)13-23(18-7-3-4-12-22-18)19(24)14-8-10-16(21)11-9-14/h1-12H,13H2. The Morgan fingerprint density at radius 1 is 1.00 bits per heavy atom. The van der Waals surface area contributed by atoms with Crippen LogP contribution in [0.15, 0.2) is 72.9 Å². The van der Waals surface area contributed by atoms with Gasteiger partial charge in [-0.25, -0.2) is 9.37 Å². The van der Waals surface area contributed by atoms with Crippen LogP contribution in [0, 0.1) is 5.82 Å². The monoisotopic (exact) mass is 340 g/mol. The van der Waals surface area contributed by atoms with E-state index in [1.165, 1.54) is 29.2 Å². The van der Waals surface area contributed by atoms with Gasteiger partial charge in [-0.2, -0.15) is 0 Å². The molecule has 120 valence electrons. The second-order valence-electron chi connectivity index (χ2n) is 5.18. The van der Waals surface area contributed by atoms with Crippen molar-refractivity contribution >= 4 is 23.3 Å². The molecule has 3 nitrogen and oxygen atoms in total. The Balaban J connectivity index is 1.97. The van der Waals surface area contributed by atoms with E-state index in [0.717, 1.165) is 5.56 Å². The van der Waals surface area contributed by atoms with Gasteiger partial charge in [-0.15, -0.1) is 0 Å². The molecule has 1 heterocycles. The number of benzene rings is 2. The molecule has 0 radical (unpaired) electrons. The third kappa shape index (κ3) is 3.60. The summed E-state index contributed by atoms with van der Waals surface area (Å²) < 4.78 is 13.1. The first-order valence-electron chi connectivity index (χ1n) is 7.37. The van der Waals surface area contributed by atoms with Gasteiger partial charge in [-0.05, 0) is 48.0 Å². The van der Waals surface area contributed by atoms with E-state index in [-0.39, 0.29) is 18.3 Å². The lowest BCUT2D eigenvalue weighted by Gasteiger charge is -2.22. The highest BCUT2D eigenvalue weighted by Crippen LogP contribution is 2.22. The highest BCUT2D eigenvalue weighted by atomic mass is 35.5. The predicted octanol–water partition coefficient (Wildman–Crippen LogP) is 4.72. The highest BCUT2D eigenvalue weighted by molar-refractivity contribution is 6.31. The molecule has 1 amide bonds. The van der Waals surface area contributed by atoms with Crippen molar-refractivity contribution in [2.75, 3.05) is 4.90 Å². The van der Waals surface area contributed by atoms with Crippen LogP contribution < -0.4 is 4.90 Å². The Hall–Kier alpha value is -2.72. The second-order valence-corrected chi connectivity index (χ2v) is 5.58. The Kier molecular flexibility index (Phi) is 4.87. The van der Waals surface area contributed by atoms with Crippen LogP contribution in [-0.2, 0) is 6.54 Å². The van der Waals surface area contributed by atoms with Crippen LogP contribution in [-0.4, -0.2) is 10.9 Å². The molecule has 24 heavy (non-hydrogen) atoms. The lowest BCUT2D eigenvalue weighted by Crippen LogP contribution is -2.31. The second kappa shape index (κ2) is 7.23. The number of pyridine rings is 1. The number of rotatable bonds is 4. The molecule has 0 bridgehead atoms. The number of amides is 1. The van der Waals surface area contributed by atoms with Crippen LogP contribution in [0.2, 0.25) is 5.02 Å². The summed E-state index contributed by atoms with van der Waals surface area (Å²) in [6.45, 7) is 0.271. The lowest BCUT2D eigenvalue weighted by atomic mass is 10.1. The Morgan fingerprint density at radius 2 is 1.71 bits per heavy atom. The first kappa shape index (κ1) is 16.1. The van der Waals surface area contributed by atoms with E-state index < -0.39 is 0 Å². The van der Waals surface area contributed by atoms with Gasteiger partial charge in [0, 0.05) is 16.8 Å². The van der Waals surface area contributed by atoms with E-state index in [4.69, 9.17) is 11.6 Å². The van der Waals surface area contributed by atoms with E-state index in [2.05, 4.69) is 4.98 Å². The molecule has 0 fully saturated rings. The summed E-state index contributed by atoms with van der Waals surface area (Å²) in [6, 6.07) is 18.1. The van der Waals surface area contributed by atoms with Crippen molar-refractivity contribution in [3.8, 4) is 0 Å². The first-order chi connectivity index (χ1) is 11.6. The maximum Gasteiger partial charge on any atom is 0.259 e. The number of hydrogen-bond acceptors (Lipinski definition) is 2. The highest BCUT2D eigenvalue weighted by Gasteiger charge is 2.20. The number of carbonyl (C=O) groups is 1. The van der Waals surface area contributed by atoms with Crippen LogP contribution >= 0.6 is 11.6 Å². The summed E-state index contributed by atoms with van der Waals surface area (Å²) in [5.74, 6) is -0.151. The minimum absolute atomic E-state index is 0.270. The number of aromatic nitrogens is 1. The van der Waals surface area contributed by atoms with Crippen molar-refractivity contribution in [3.63, 3.8) is 0 Å². The fourth-order valence-electron chi connectivity index (χ4n) is 2.32. The zero-order valence-electron chi connectivity index (χ0n) is 12.7. The van der Waals surface area contributed by atoms with E-state index in [0.29, 0.717) is 16.4 Å². The third-order valence-corrected chi connectivity index (χ3v) is 3.92. The molecule has 0 spiro atoms. The van der Waals surface area contributed by atoms with Gasteiger partial charge in [0.25, 0.3) is 5.91 Å². The summed E-state index contributed by atoms with van der Waals surface area (Å²) in [6.07, 6.45) is 1.62. The molecule has 1 aromatic heterocycles. The van der Waals surface area contributed by atoms with Gasteiger partial charge in [-0.3, -0.25) is 9.69 Å². The van der Waals surface area contributed by atoms with Crippen LogP contribution in [0.3, 0.4) is 0 Å². The average molecular weight is 341 g/mol. The van der Waals surface area contributed by atoms with Gasteiger partial charge < -0.3 is 0 Å². The topological polar surface area (TPSA) is 33.2 Å². The summed E-state index contributed by atoms with van der Waals surface area (Å²) >= 11 is 6.22. The van der Waals surface area contributed by atoms with Gasteiger partial charge in [-0.1, -0.05) is 35.9 Å². The molecule has 0 atom stereocenters. The SMILES string of the molecule is O=C(c1ccc(F)cc1)N(Cc1ccccc1Cl)c1ccccn1. The van der Waals surface area contributed by atoms with Gasteiger partial charge in [0.2, 0.25) is 0 Å². The Bertz CT molecular complexity index is 838. The van der Waals surface area contributed by atoms with Crippen molar-refractivity contribution in [1.82, 2.24) is 4.98 Å². The molecule has 0 aliphatic rings. The number of hydrogen-bond donors (Lipinski definition) is 0. The lowest BCUT2D eigenvalue weighted by molar-refractivity contribution is 0.0984. The molecule has 3 rings (SSSR count). The summed E-state index contributed by atoms with van der Waals surface area (Å²) in [4.78, 5) is 18.7. The van der Waals surface area contributed by atoms with E-state index >= 15 is 0 Å². The molecular weight excluding hydrogens is 327 g/mol. The molecular formula is C19H14ClFN2O. The van der Waals surface area contributed by atoms with Gasteiger partial charge >= 0.3 is 0 Å². The van der Waals surface area contributed by atoms with Crippen LogP contribution in [0.1, 0.15) is 15.9 Å². The predicted molar refractivity (Wildman–Crippen MR) is 92.6 cm³/mol. The third-order valence-electron chi connectivity index (χ3n) is 3.55. The smallest absolute Gasteiger partial charge is 0.259 e. The normalized spacial score (nSPS) is 10.4. The van der Waals surface area contributed by atoms with Crippen molar-refractivity contribution < 1.29 is 9.18 Å². The van der Waals surface area contributed by atoms with Crippen LogP contribution in [0.25, 0.3) is 0 Å². The van der Waals surface area contributed by atoms with E-state index in [1.807, 2.05) is 18.2 Å². The zero-order valence-corrected chi connectivity index (χ0v) is 13.4. The minimum Gasteiger partial charge on any atom is -0.288 e. The van der Waals surface area contributed by atoms with Crippen molar-refractivity contribution in [1.29, 1.82) is 0 Å². The molecule has 0 N–H and O–H groups in total. The van der Waals surface area contributed by atoms with Gasteiger partial charge in [0.05, 0.1) is 6.54 Å². The van der Waals surface area contributed by atoms with E-state index in [1.54, 1.807) is 30.5 Å². The van der Waals surface area contributed by atoms with E-state index in [9.17, 15) is 9.18 Å². The number of carbonyl (C=O) groups excluding carboxylic acids is 1. The quantitative estimate of drug-likeness (QED) is 0.688. The molecule has 3 aromatic rings. The molecule has 0 aliphatic carbocycles. The van der Waals surface area contributed by atoms with Crippen LogP contribution in [0.4, 0.5) is 10.2 Å². The molecule has 2 aromatic carbocycles. The molecule has 0 saturated heterocycles. The van der Waals surface area contributed by atoms with Gasteiger partial charge in [0.1, 0.15) is 11.6 Å². The fraction of sp³-hybridized carbons (Fsp3) is 0.0526. The van der Waals surface area contributed by atoms with Crippen molar-refractivity contribution in [3.05, 3.63) is 94.9 Å². The Morgan fingerprint density at radius 3 is 2.38 bits per heavy atom. The summed E-state index contributed by atoms with van der Waals surface area (Å²) in [5, 5.41) is 0.574. The number of nitrogens with zero attached hydrogens (tertiary/aromatic N) is 2. The summed E-state index contributed by atoms with van der Waals surface area (Å²) in [5.41, 5.74) is 1.19. The van der Waals surface area contributed by atoms with Gasteiger partial charge in [0.15, 0.2) is 0 Å². The van der Waals surface area contributed by atoms with Crippen LogP contribution in [0.5, 0.6) is 0 Å². The minimum atomic E-state index is -0.387. The fourth-order valence-corrected chi connectivity index (χ4v) is 2.51. The maximum absolute atomic E-state index is 13.1. The molecule has 0 aliphatic heterocycles. The molecule has 5 heteroatoms. The number of halogens is 2. The van der Waals surface area contributed by atoms with Crippen molar-refractivity contribution in [2.45, 2.75) is 6.54 Å². The maximum atomic E-state index is 13.1. The summed E-state index contributed by atoms with van der Waals surface area (Å²) in [7, 11) is 0. The Labute approximate surface area is 144 Å². The average Bonchev–Trinajstić information content (AvgIpc) is 2.62.